The maximum Gasteiger partial charge on any atom is 0.240 e. The average Bonchev–Trinajstić information content (AvgIpc) is 2.59. The predicted octanol–water partition coefficient (Wildman–Crippen LogP) is 2.04. The molecule has 1 amide bonds. The molecule has 0 saturated carbocycles. The number of carbonyl (C=O) groups excluding carboxylic acids is 1. The fraction of sp³-hybridized carbons (Fsp3) is 0.611. The summed E-state index contributed by atoms with van der Waals surface area (Å²) in [5.74, 6) is 1.34. The Balaban J connectivity index is 2.03. The SMILES string of the molecule is CCCOc1ccc(C(C)NC(=O)[C@H]2NCCO[C@@H]2C)cc1OC. The molecule has 1 unspecified atom stereocenters. The zero-order chi connectivity index (χ0) is 17.5. The van der Waals surface area contributed by atoms with Gasteiger partial charge < -0.3 is 24.8 Å². The van der Waals surface area contributed by atoms with Crippen molar-refractivity contribution >= 4 is 5.91 Å². The molecule has 1 heterocycles. The third-order valence-corrected chi connectivity index (χ3v) is 4.11. The molecule has 1 fully saturated rings. The Morgan fingerprint density at radius 3 is 2.92 bits per heavy atom. The number of morpholine rings is 1. The highest BCUT2D eigenvalue weighted by atomic mass is 16.5. The second-order valence-electron chi connectivity index (χ2n) is 6.00. The van der Waals surface area contributed by atoms with Crippen LogP contribution in [0.2, 0.25) is 0 Å². The summed E-state index contributed by atoms with van der Waals surface area (Å²) in [6.07, 6.45) is 0.803. The van der Waals surface area contributed by atoms with Gasteiger partial charge in [0.25, 0.3) is 0 Å². The topological polar surface area (TPSA) is 68.8 Å². The van der Waals surface area contributed by atoms with E-state index in [1.54, 1.807) is 7.11 Å². The molecule has 0 aliphatic carbocycles. The summed E-state index contributed by atoms with van der Waals surface area (Å²) in [5, 5.41) is 6.23. The first-order valence-corrected chi connectivity index (χ1v) is 8.53. The van der Waals surface area contributed by atoms with Crippen LogP contribution in [0.1, 0.15) is 38.8 Å². The van der Waals surface area contributed by atoms with E-state index >= 15 is 0 Å². The standard InChI is InChI=1S/C18H28N2O4/c1-5-9-24-15-7-6-14(11-16(15)22-4)12(2)20-18(21)17-13(3)23-10-8-19-17/h6-7,11-13,17,19H,5,8-10H2,1-4H3,(H,20,21)/t12?,13-,17+/m1/s1. The van der Waals surface area contributed by atoms with Crippen molar-refractivity contribution in [3.8, 4) is 11.5 Å². The van der Waals surface area contributed by atoms with E-state index in [0.717, 1.165) is 17.7 Å². The lowest BCUT2D eigenvalue weighted by Gasteiger charge is -2.30. The maximum atomic E-state index is 12.4. The molecule has 1 aromatic rings. The Kier molecular flexibility index (Phi) is 6.87. The molecule has 1 aromatic carbocycles. The van der Waals surface area contributed by atoms with Crippen LogP contribution in [0.15, 0.2) is 18.2 Å². The van der Waals surface area contributed by atoms with Crippen molar-refractivity contribution in [3.05, 3.63) is 23.8 Å². The zero-order valence-corrected chi connectivity index (χ0v) is 14.9. The van der Waals surface area contributed by atoms with Gasteiger partial charge in [-0.3, -0.25) is 4.79 Å². The molecule has 0 bridgehead atoms. The summed E-state index contributed by atoms with van der Waals surface area (Å²) < 4.78 is 16.6. The third kappa shape index (κ3) is 4.61. The summed E-state index contributed by atoms with van der Waals surface area (Å²) in [7, 11) is 1.62. The van der Waals surface area contributed by atoms with Crippen molar-refractivity contribution < 1.29 is 19.0 Å². The number of hydrogen-bond donors (Lipinski definition) is 2. The van der Waals surface area contributed by atoms with Crippen LogP contribution in [-0.4, -0.2) is 44.9 Å². The van der Waals surface area contributed by atoms with Gasteiger partial charge >= 0.3 is 0 Å². The van der Waals surface area contributed by atoms with Crippen molar-refractivity contribution in [2.24, 2.45) is 0 Å². The Morgan fingerprint density at radius 1 is 1.46 bits per heavy atom. The molecule has 6 heteroatoms. The molecule has 1 aliphatic heterocycles. The molecule has 1 saturated heterocycles. The first-order chi connectivity index (χ1) is 11.6. The summed E-state index contributed by atoms with van der Waals surface area (Å²) in [5.41, 5.74) is 0.966. The first-order valence-electron chi connectivity index (χ1n) is 8.53. The fourth-order valence-electron chi connectivity index (χ4n) is 2.70. The van der Waals surface area contributed by atoms with Crippen LogP contribution in [0.3, 0.4) is 0 Å². The first kappa shape index (κ1) is 18.5. The molecular weight excluding hydrogens is 308 g/mol. The molecule has 0 spiro atoms. The van der Waals surface area contributed by atoms with E-state index in [2.05, 4.69) is 17.6 Å². The summed E-state index contributed by atoms with van der Waals surface area (Å²) in [6.45, 7) is 7.89. The summed E-state index contributed by atoms with van der Waals surface area (Å²) >= 11 is 0. The molecular formula is C18H28N2O4. The third-order valence-electron chi connectivity index (χ3n) is 4.11. The van der Waals surface area contributed by atoms with Crippen LogP contribution in [0.5, 0.6) is 11.5 Å². The maximum absolute atomic E-state index is 12.4. The monoisotopic (exact) mass is 336 g/mol. The summed E-state index contributed by atoms with van der Waals surface area (Å²) in [4.78, 5) is 12.4. The van der Waals surface area contributed by atoms with E-state index in [-0.39, 0.29) is 24.1 Å². The average molecular weight is 336 g/mol. The number of rotatable bonds is 7. The van der Waals surface area contributed by atoms with Gasteiger partial charge in [0.05, 0.1) is 32.5 Å². The van der Waals surface area contributed by atoms with E-state index in [9.17, 15) is 4.79 Å². The molecule has 3 atom stereocenters. The minimum absolute atomic E-state index is 0.0556. The van der Waals surface area contributed by atoms with Gasteiger partial charge in [-0.05, 0) is 38.0 Å². The van der Waals surface area contributed by atoms with Gasteiger partial charge in [0.1, 0.15) is 6.04 Å². The molecule has 24 heavy (non-hydrogen) atoms. The highest BCUT2D eigenvalue weighted by Gasteiger charge is 2.29. The number of ether oxygens (including phenoxy) is 3. The Labute approximate surface area is 143 Å². The van der Waals surface area contributed by atoms with Crippen LogP contribution in [0.25, 0.3) is 0 Å². The van der Waals surface area contributed by atoms with Crippen molar-refractivity contribution in [1.29, 1.82) is 0 Å². The number of benzene rings is 1. The van der Waals surface area contributed by atoms with E-state index < -0.39 is 0 Å². The van der Waals surface area contributed by atoms with E-state index in [1.165, 1.54) is 0 Å². The predicted molar refractivity (Wildman–Crippen MR) is 92.5 cm³/mol. The van der Waals surface area contributed by atoms with Crippen LogP contribution in [0.4, 0.5) is 0 Å². The Morgan fingerprint density at radius 2 is 2.25 bits per heavy atom. The molecule has 0 aromatic heterocycles. The lowest BCUT2D eigenvalue weighted by atomic mass is 10.1. The van der Waals surface area contributed by atoms with Gasteiger partial charge in [-0.1, -0.05) is 13.0 Å². The van der Waals surface area contributed by atoms with Gasteiger partial charge in [0, 0.05) is 6.54 Å². The largest absolute Gasteiger partial charge is 0.493 e. The smallest absolute Gasteiger partial charge is 0.240 e. The van der Waals surface area contributed by atoms with Gasteiger partial charge in [-0.2, -0.15) is 0 Å². The number of carbonyl (C=O) groups is 1. The molecule has 134 valence electrons. The van der Waals surface area contributed by atoms with Gasteiger partial charge in [-0.15, -0.1) is 0 Å². The van der Waals surface area contributed by atoms with Gasteiger partial charge in [-0.25, -0.2) is 0 Å². The van der Waals surface area contributed by atoms with Crippen molar-refractivity contribution in [2.45, 2.75) is 45.4 Å². The summed E-state index contributed by atoms with van der Waals surface area (Å²) in [6, 6.07) is 5.28. The molecule has 6 nitrogen and oxygen atoms in total. The Bertz CT molecular complexity index is 550. The normalized spacial score (nSPS) is 21.8. The van der Waals surface area contributed by atoms with Crippen LogP contribution >= 0.6 is 0 Å². The van der Waals surface area contributed by atoms with Crippen molar-refractivity contribution in [3.63, 3.8) is 0 Å². The second-order valence-corrected chi connectivity index (χ2v) is 6.00. The molecule has 0 radical (unpaired) electrons. The second kappa shape index (κ2) is 8.89. The molecule has 2 N–H and O–H groups in total. The quantitative estimate of drug-likeness (QED) is 0.797. The van der Waals surface area contributed by atoms with Crippen molar-refractivity contribution in [1.82, 2.24) is 10.6 Å². The van der Waals surface area contributed by atoms with Gasteiger partial charge in [0.2, 0.25) is 5.91 Å². The van der Waals surface area contributed by atoms with Crippen LogP contribution < -0.4 is 20.1 Å². The van der Waals surface area contributed by atoms with Gasteiger partial charge in [0.15, 0.2) is 11.5 Å². The Hall–Kier alpha value is -1.79. The lowest BCUT2D eigenvalue weighted by Crippen LogP contribution is -2.55. The molecule has 1 aliphatic rings. The number of amides is 1. The zero-order valence-electron chi connectivity index (χ0n) is 14.9. The fourth-order valence-corrected chi connectivity index (χ4v) is 2.70. The minimum atomic E-state index is -0.324. The highest BCUT2D eigenvalue weighted by Crippen LogP contribution is 2.30. The van der Waals surface area contributed by atoms with Crippen molar-refractivity contribution in [2.75, 3.05) is 26.9 Å². The van der Waals surface area contributed by atoms with E-state index in [4.69, 9.17) is 14.2 Å². The van der Waals surface area contributed by atoms with E-state index in [0.29, 0.717) is 25.5 Å². The van der Waals surface area contributed by atoms with E-state index in [1.807, 2.05) is 32.0 Å². The number of methoxy groups -OCH3 is 1. The lowest BCUT2D eigenvalue weighted by molar-refractivity contribution is -0.129. The minimum Gasteiger partial charge on any atom is -0.493 e. The molecule has 2 rings (SSSR count). The van der Waals surface area contributed by atoms with Crippen LogP contribution in [0, 0.1) is 0 Å². The number of nitrogens with one attached hydrogen (secondary N) is 2. The number of hydrogen-bond acceptors (Lipinski definition) is 5. The van der Waals surface area contributed by atoms with Crippen LogP contribution in [-0.2, 0) is 9.53 Å². The highest BCUT2D eigenvalue weighted by molar-refractivity contribution is 5.83.